The number of hydrogen-bond donors (Lipinski definition) is 2. The van der Waals surface area contributed by atoms with E-state index in [-0.39, 0.29) is 17.0 Å². The number of benzene rings is 1. The molecular formula is C12H12N2O4. The Hall–Kier alpha value is -2.50. The van der Waals surface area contributed by atoms with Gasteiger partial charge in [0.1, 0.15) is 5.58 Å². The highest BCUT2D eigenvalue weighted by Gasteiger charge is 2.16. The Kier molecular flexibility index (Phi) is 2.93. The maximum absolute atomic E-state index is 11.7. The number of hydrogen-bond acceptors (Lipinski definition) is 4. The first-order valence-electron chi connectivity index (χ1n) is 5.24. The van der Waals surface area contributed by atoms with Crippen molar-refractivity contribution in [2.24, 2.45) is 0 Å². The molecule has 0 bridgehead atoms. The topological polar surface area (TPSA) is 82.8 Å². The van der Waals surface area contributed by atoms with Gasteiger partial charge in [0.25, 0.3) is 0 Å². The summed E-state index contributed by atoms with van der Waals surface area (Å²) >= 11 is 0. The van der Waals surface area contributed by atoms with Crippen LogP contribution in [0, 0.1) is 0 Å². The molecule has 0 fully saturated rings. The Morgan fingerprint density at radius 2 is 2.00 bits per heavy atom. The minimum absolute atomic E-state index is 0.257. The largest absolute Gasteiger partial charge is 0.505 e. The average molecular weight is 248 g/mol. The van der Waals surface area contributed by atoms with Crippen LogP contribution in [0.4, 0.5) is 10.5 Å². The molecule has 2 aromatic rings. The zero-order valence-corrected chi connectivity index (χ0v) is 9.93. The fourth-order valence-electron chi connectivity index (χ4n) is 1.46. The van der Waals surface area contributed by atoms with E-state index in [1.165, 1.54) is 19.0 Å². The van der Waals surface area contributed by atoms with Crippen LogP contribution in [0.3, 0.4) is 0 Å². The molecular weight excluding hydrogens is 236 g/mol. The van der Waals surface area contributed by atoms with Crippen LogP contribution in [-0.4, -0.2) is 30.1 Å². The molecule has 1 heterocycles. The normalized spacial score (nSPS) is 10.3. The summed E-state index contributed by atoms with van der Waals surface area (Å²) in [7, 11) is 3.05. The Bertz CT molecular complexity index is 661. The number of nitrogens with one attached hydrogen (secondary N) is 1. The molecule has 0 saturated heterocycles. The number of amides is 2. The van der Waals surface area contributed by atoms with E-state index in [2.05, 4.69) is 5.32 Å². The predicted molar refractivity (Wildman–Crippen MR) is 66.9 cm³/mol. The number of fused-ring (bicyclic) bond motifs is 1. The standard InChI is InChI=1S/C12H12N2O4/c1-14(2)12(17)13-9-10(15)7-5-3-4-6-8(7)18-11(9)16/h3-6,15H,1-2H3,(H,13,17). The fourth-order valence-corrected chi connectivity index (χ4v) is 1.46. The predicted octanol–water partition coefficient (Wildman–Crippen LogP) is 1.59. The number of carbonyl (C=O) groups excluding carboxylic acids is 1. The van der Waals surface area contributed by atoms with Crippen LogP contribution in [0.25, 0.3) is 11.0 Å². The number of urea groups is 1. The molecule has 94 valence electrons. The molecule has 18 heavy (non-hydrogen) atoms. The molecule has 2 amide bonds. The second kappa shape index (κ2) is 4.40. The average Bonchev–Trinajstić information content (AvgIpc) is 2.34. The summed E-state index contributed by atoms with van der Waals surface area (Å²) in [6, 6.07) is 6.02. The van der Waals surface area contributed by atoms with Gasteiger partial charge in [0.2, 0.25) is 0 Å². The van der Waals surface area contributed by atoms with Crippen molar-refractivity contribution in [1.29, 1.82) is 0 Å². The van der Waals surface area contributed by atoms with Crippen molar-refractivity contribution in [2.45, 2.75) is 0 Å². The van der Waals surface area contributed by atoms with Gasteiger partial charge in [-0.05, 0) is 12.1 Å². The van der Waals surface area contributed by atoms with Gasteiger partial charge in [0.15, 0.2) is 11.4 Å². The third-order valence-corrected chi connectivity index (χ3v) is 2.42. The number of carbonyl (C=O) groups is 1. The lowest BCUT2D eigenvalue weighted by atomic mass is 10.2. The molecule has 1 aromatic heterocycles. The summed E-state index contributed by atoms with van der Waals surface area (Å²) in [5.41, 5.74) is -0.781. The van der Waals surface area contributed by atoms with Gasteiger partial charge in [-0.15, -0.1) is 0 Å². The Balaban J connectivity index is 2.58. The molecule has 0 spiro atoms. The maximum atomic E-state index is 11.7. The first kappa shape index (κ1) is 12.0. The maximum Gasteiger partial charge on any atom is 0.364 e. The van der Waals surface area contributed by atoms with Crippen LogP contribution in [-0.2, 0) is 0 Å². The second-order valence-corrected chi connectivity index (χ2v) is 3.93. The summed E-state index contributed by atoms with van der Waals surface area (Å²) < 4.78 is 5.01. The highest BCUT2D eigenvalue weighted by molar-refractivity contribution is 5.95. The van der Waals surface area contributed by atoms with E-state index in [0.29, 0.717) is 5.39 Å². The molecule has 0 aliphatic rings. The molecule has 0 radical (unpaired) electrons. The molecule has 0 aliphatic carbocycles. The van der Waals surface area contributed by atoms with E-state index in [1.54, 1.807) is 24.3 Å². The Morgan fingerprint density at radius 3 is 2.67 bits per heavy atom. The first-order valence-corrected chi connectivity index (χ1v) is 5.24. The van der Waals surface area contributed by atoms with Crippen molar-refractivity contribution in [1.82, 2.24) is 4.90 Å². The van der Waals surface area contributed by atoms with Crippen molar-refractivity contribution in [3.63, 3.8) is 0 Å². The molecule has 2 N–H and O–H groups in total. The van der Waals surface area contributed by atoms with Crippen LogP contribution < -0.4 is 10.9 Å². The minimum Gasteiger partial charge on any atom is -0.505 e. The number of rotatable bonds is 1. The number of aromatic hydroxyl groups is 1. The van der Waals surface area contributed by atoms with Crippen LogP contribution in [0.15, 0.2) is 33.5 Å². The summed E-state index contributed by atoms with van der Waals surface area (Å²) in [5, 5.41) is 12.6. The van der Waals surface area contributed by atoms with Gasteiger partial charge >= 0.3 is 11.7 Å². The molecule has 0 saturated carbocycles. The third-order valence-electron chi connectivity index (χ3n) is 2.42. The molecule has 1 aromatic carbocycles. The zero-order chi connectivity index (χ0) is 13.3. The lowest BCUT2D eigenvalue weighted by Gasteiger charge is -2.12. The highest BCUT2D eigenvalue weighted by Crippen LogP contribution is 2.29. The Labute approximate surface area is 102 Å². The molecule has 0 unspecified atom stereocenters. The van der Waals surface area contributed by atoms with Crippen molar-refractivity contribution in [3.05, 3.63) is 34.7 Å². The van der Waals surface area contributed by atoms with Crippen molar-refractivity contribution < 1.29 is 14.3 Å². The van der Waals surface area contributed by atoms with Crippen LogP contribution >= 0.6 is 0 Å². The quantitative estimate of drug-likeness (QED) is 0.751. The summed E-state index contributed by atoms with van der Waals surface area (Å²) in [5.74, 6) is -0.294. The Morgan fingerprint density at radius 1 is 1.33 bits per heavy atom. The van der Waals surface area contributed by atoms with Crippen molar-refractivity contribution >= 4 is 22.7 Å². The van der Waals surface area contributed by atoms with E-state index in [4.69, 9.17) is 4.42 Å². The fraction of sp³-hybridized carbons (Fsp3) is 0.167. The summed E-state index contributed by atoms with van der Waals surface area (Å²) in [6.07, 6.45) is 0. The van der Waals surface area contributed by atoms with Gasteiger partial charge in [-0.25, -0.2) is 9.59 Å². The van der Waals surface area contributed by atoms with E-state index < -0.39 is 11.7 Å². The first-order chi connectivity index (χ1) is 8.50. The minimum atomic E-state index is -0.790. The van der Waals surface area contributed by atoms with Gasteiger partial charge in [-0.1, -0.05) is 12.1 Å². The SMILES string of the molecule is CN(C)C(=O)Nc1c(O)c2ccccc2oc1=O. The molecule has 6 heteroatoms. The summed E-state index contributed by atoms with van der Waals surface area (Å²) in [4.78, 5) is 24.4. The monoisotopic (exact) mass is 248 g/mol. The van der Waals surface area contributed by atoms with E-state index in [9.17, 15) is 14.7 Å². The van der Waals surface area contributed by atoms with Crippen LogP contribution in [0.1, 0.15) is 0 Å². The molecule has 0 atom stereocenters. The van der Waals surface area contributed by atoms with Gasteiger partial charge in [-0.2, -0.15) is 0 Å². The second-order valence-electron chi connectivity index (χ2n) is 3.93. The number of anilines is 1. The number of para-hydroxylation sites is 1. The van der Waals surface area contributed by atoms with Gasteiger partial charge in [0, 0.05) is 14.1 Å². The van der Waals surface area contributed by atoms with Gasteiger partial charge in [0.05, 0.1) is 5.39 Å². The molecule has 6 nitrogen and oxygen atoms in total. The van der Waals surface area contributed by atoms with Gasteiger partial charge in [-0.3, -0.25) is 5.32 Å². The number of nitrogens with zero attached hydrogens (tertiary/aromatic N) is 1. The van der Waals surface area contributed by atoms with E-state index >= 15 is 0 Å². The van der Waals surface area contributed by atoms with E-state index in [0.717, 1.165) is 0 Å². The van der Waals surface area contributed by atoms with Crippen LogP contribution in [0.2, 0.25) is 0 Å². The lowest BCUT2D eigenvalue weighted by molar-refractivity contribution is 0.230. The third kappa shape index (κ3) is 2.00. The zero-order valence-electron chi connectivity index (χ0n) is 9.93. The van der Waals surface area contributed by atoms with Crippen LogP contribution in [0.5, 0.6) is 5.75 Å². The molecule has 2 rings (SSSR count). The smallest absolute Gasteiger partial charge is 0.364 e. The van der Waals surface area contributed by atoms with Gasteiger partial charge < -0.3 is 14.4 Å². The van der Waals surface area contributed by atoms with Crippen molar-refractivity contribution in [3.8, 4) is 5.75 Å². The molecule has 0 aliphatic heterocycles. The van der Waals surface area contributed by atoms with Crippen molar-refractivity contribution in [2.75, 3.05) is 19.4 Å². The summed E-state index contributed by atoms with van der Waals surface area (Å²) in [6.45, 7) is 0. The lowest BCUT2D eigenvalue weighted by Crippen LogP contribution is -2.29. The van der Waals surface area contributed by atoms with E-state index in [1.807, 2.05) is 0 Å². The highest BCUT2D eigenvalue weighted by atomic mass is 16.4.